The number of aromatic nitrogens is 1. The van der Waals surface area contributed by atoms with Gasteiger partial charge in [-0.25, -0.2) is 4.98 Å². The van der Waals surface area contributed by atoms with Crippen molar-refractivity contribution in [2.45, 2.75) is 33.1 Å². The number of anilines is 1. The first-order chi connectivity index (χ1) is 13.1. The summed E-state index contributed by atoms with van der Waals surface area (Å²) in [6.07, 6.45) is 1.01. The Morgan fingerprint density at radius 1 is 1.07 bits per heavy atom. The third kappa shape index (κ3) is 7.65. The number of ether oxygens (including phenoxy) is 3. The molecule has 146 valence electrons. The molecule has 0 bridgehead atoms. The minimum absolute atomic E-state index is 0.107. The van der Waals surface area contributed by atoms with Crippen molar-refractivity contribution in [1.82, 2.24) is 4.98 Å². The maximum absolute atomic E-state index is 12.0. The van der Waals surface area contributed by atoms with Gasteiger partial charge in [-0.2, -0.15) is 0 Å². The van der Waals surface area contributed by atoms with Crippen LogP contribution >= 0.6 is 11.3 Å². The average Bonchev–Trinajstić information content (AvgIpc) is 3.07. The van der Waals surface area contributed by atoms with Crippen LogP contribution in [0.3, 0.4) is 0 Å². The second-order valence-electron chi connectivity index (χ2n) is 5.53. The summed E-state index contributed by atoms with van der Waals surface area (Å²) in [6.45, 7) is 5.09. The highest BCUT2D eigenvalue weighted by atomic mass is 32.1. The molecule has 1 aromatic heterocycles. The number of hydrogen-bond acceptors (Lipinski definition) is 7. The van der Waals surface area contributed by atoms with E-state index in [4.69, 9.17) is 14.2 Å². The SMILES string of the molecule is CCOC(=O)Cc1csc(NC(=O)CCCOc2ccc(OCC)cc2)n1. The zero-order valence-electron chi connectivity index (χ0n) is 15.5. The van der Waals surface area contributed by atoms with Crippen LogP contribution in [0.1, 0.15) is 32.4 Å². The van der Waals surface area contributed by atoms with Gasteiger partial charge in [-0.3, -0.25) is 9.59 Å². The van der Waals surface area contributed by atoms with Crippen LogP contribution in [0.25, 0.3) is 0 Å². The van der Waals surface area contributed by atoms with E-state index in [1.54, 1.807) is 12.3 Å². The molecule has 7 nitrogen and oxygen atoms in total. The number of rotatable bonds is 11. The van der Waals surface area contributed by atoms with E-state index in [0.717, 1.165) is 11.5 Å². The number of carbonyl (C=O) groups excluding carboxylic acids is 2. The molecule has 0 spiro atoms. The standard InChI is InChI=1S/C19H24N2O5S/c1-3-24-15-7-9-16(10-8-15)26-11-5-6-17(22)21-19-20-14(13-27-19)12-18(23)25-4-2/h7-10,13H,3-6,11-12H2,1-2H3,(H,20,21,22). The van der Waals surface area contributed by atoms with Crippen molar-refractivity contribution in [2.24, 2.45) is 0 Å². The van der Waals surface area contributed by atoms with Gasteiger partial charge in [0.1, 0.15) is 11.5 Å². The zero-order valence-corrected chi connectivity index (χ0v) is 16.3. The van der Waals surface area contributed by atoms with Crippen molar-refractivity contribution >= 4 is 28.3 Å². The van der Waals surface area contributed by atoms with Crippen LogP contribution < -0.4 is 14.8 Å². The number of hydrogen-bond donors (Lipinski definition) is 1. The fourth-order valence-corrected chi connectivity index (χ4v) is 2.94. The molecule has 0 unspecified atom stereocenters. The second-order valence-corrected chi connectivity index (χ2v) is 6.39. The maximum atomic E-state index is 12.0. The molecule has 0 saturated heterocycles. The molecule has 27 heavy (non-hydrogen) atoms. The number of thiazole rings is 1. The molecule has 0 aliphatic carbocycles. The molecule has 8 heteroatoms. The molecule has 1 N–H and O–H groups in total. The third-order valence-electron chi connectivity index (χ3n) is 3.38. The fourth-order valence-electron chi connectivity index (χ4n) is 2.21. The fraction of sp³-hybridized carbons (Fsp3) is 0.421. The van der Waals surface area contributed by atoms with Gasteiger partial charge in [-0.1, -0.05) is 0 Å². The molecule has 1 heterocycles. The lowest BCUT2D eigenvalue weighted by atomic mass is 10.3. The average molecular weight is 392 g/mol. The highest BCUT2D eigenvalue weighted by Gasteiger charge is 2.10. The van der Waals surface area contributed by atoms with Gasteiger partial charge in [0.25, 0.3) is 0 Å². The molecule has 0 aliphatic rings. The van der Waals surface area contributed by atoms with E-state index < -0.39 is 0 Å². The number of nitrogens with zero attached hydrogens (tertiary/aromatic N) is 1. The molecular formula is C19H24N2O5S. The number of carbonyl (C=O) groups is 2. The van der Waals surface area contributed by atoms with Gasteiger partial charge in [0.05, 0.1) is 31.9 Å². The van der Waals surface area contributed by atoms with E-state index in [0.29, 0.717) is 43.5 Å². The Labute approximate surface area is 162 Å². The molecular weight excluding hydrogens is 368 g/mol. The van der Waals surface area contributed by atoms with E-state index in [-0.39, 0.29) is 18.3 Å². The first-order valence-corrected chi connectivity index (χ1v) is 9.74. The van der Waals surface area contributed by atoms with Crippen molar-refractivity contribution < 1.29 is 23.8 Å². The first kappa shape index (κ1) is 20.7. The molecule has 1 amide bonds. The molecule has 2 rings (SSSR count). The van der Waals surface area contributed by atoms with Crippen LogP contribution in [-0.2, 0) is 20.7 Å². The van der Waals surface area contributed by atoms with Crippen molar-refractivity contribution in [3.63, 3.8) is 0 Å². The highest BCUT2D eigenvalue weighted by Crippen LogP contribution is 2.18. The number of esters is 1. The number of benzene rings is 1. The van der Waals surface area contributed by atoms with Gasteiger partial charge in [0.2, 0.25) is 5.91 Å². The van der Waals surface area contributed by atoms with Crippen molar-refractivity contribution in [3.05, 3.63) is 35.3 Å². The zero-order chi connectivity index (χ0) is 19.5. The summed E-state index contributed by atoms with van der Waals surface area (Å²) in [5.41, 5.74) is 0.590. The predicted molar refractivity (Wildman–Crippen MR) is 103 cm³/mol. The van der Waals surface area contributed by atoms with Gasteiger partial charge in [0, 0.05) is 11.8 Å². The van der Waals surface area contributed by atoms with Gasteiger partial charge < -0.3 is 19.5 Å². The van der Waals surface area contributed by atoms with Crippen LogP contribution in [0.5, 0.6) is 11.5 Å². The van der Waals surface area contributed by atoms with Gasteiger partial charge in [0.15, 0.2) is 5.13 Å². The molecule has 0 aliphatic heterocycles. The molecule has 0 radical (unpaired) electrons. The molecule has 1 aromatic carbocycles. The van der Waals surface area contributed by atoms with E-state index in [1.807, 2.05) is 31.2 Å². The van der Waals surface area contributed by atoms with Crippen molar-refractivity contribution in [2.75, 3.05) is 25.1 Å². The normalized spacial score (nSPS) is 10.3. The summed E-state index contributed by atoms with van der Waals surface area (Å²) in [7, 11) is 0. The summed E-state index contributed by atoms with van der Waals surface area (Å²) in [5, 5.41) is 4.95. The van der Waals surface area contributed by atoms with Gasteiger partial charge in [-0.05, 0) is 44.5 Å². The summed E-state index contributed by atoms with van der Waals surface area (Å²) < 4.78 is 15.9. The largest absolute Gasteiger partial charge is 0.494 e. The molecule has 2 aromatic rings. The topological polar surface area (TPSA) is 86.8 Å². The lowest BCUT2D eigenvalue weighted by Crippen LogP contribution is -2.13. The lowest BCUT2D eigenvalue weighted by Gasteiger charge is -2.07. The first-order valence-electron chi connectivity index (χ1n) is 8.86. The minimum atomic E-state index is -0.327. The van der Waals surface area contributed by atoms with E-state index in [2.05, 4.69) is 10.3 Å². The Hall–Kier alpha value is -2.61. The molecule has 0 fully saturated rings. The maximum Gasteiger partial charge on any atom is 0.311 e. The van der Waals surface area contributed by atoms with Gasteiger partial charge >= 0.3 is 5.97 Å². The van der Waals surface area contributed by atoms with E-state index in [1.165, 1.54) is 11.3 Å². The summed E-state index contributed by atoms with van der Waals surface area (Å²) in [5.74, 6) is 1.08. The van der Waals surface area contributed by atoms with Crippen LogP contribution in [0.15, 0.2) is 29.6 Å². The quantitative estimate of drug-likeness (QED) is 0.466. The van der Waals surface area contributed by atoms with Crippen molar-refractivity contribution in [1.29, 1.82) is 0 Å². The Kier molecular flexibility index (Phi) is 8.57. The van der Waals surface area contributed by atoms with Crippen LogP contribution in [0, 0.1) is 0 Å². The van der Waals surface area contributed by atoms with E-state index >= 15 is 0 Å². The van der Waals surface area contributed by atoms with Crippen LogP contribution in [0.2, 0.25) is 0 Å². The summed E-state index contributed by atoms with van der Waals surface area (Å²) in [4.78, 5) is 27.6. The number of nitrogens with one attached hydrogen (secondary N) is 1. The Balaban J connectivity index is 1.66. The Bertz CT molecular complexity index is 730. The number of amides is 1. The second kappa shape index (κ2) is 11.2. The van der Waals surface area contributed by atoms with E-state index in [9.17, 15) is 9.59 Å². The Morgan fingerprint density at radius 2 is 1.78 bits per heavy atom. The smallest absolute Gasteiger partial charge is 0.311 e. The van der Waals surface area contributed by atoms with Crippen LogP contribution in [0.4, 0.5) is 5.13 Å². The predicted octanol–water partition coefficient (Wildman–Crippen LogP) is 3.45. The molecule has 0 atom stereocenters. The summed E-state index contributed by atoms with van der Waals surface area (Å²) >= 11 is 1.29. The third-order valence-corrected chi connectivity index (χ3v) is 4.19. The summed E-state index contributed by atoms with van der Waals surface area (Å²) in [6, 6.07) is 7.38. The monoisotopic (exact) mass is 392 g/mol. The minimum Gasteiger partial charge on any atom is -0.494 e. The van der Waals surface area contributed by atoms with Crippen LogP contribution in [-0.4, -0.2) is 36.7 Å². The lowest BCUT2D eigenvalue weighted by molar-refractivity contribution is -0.142. The molecule has 0 saturated carbocycles. The van der Waals surface area contributed by atoms with Crippen molar-refractivity contribution in [3.8, 4) is 11.5 Å². The Morgan fingerprint density at radius 3 is 2.44 bits per heavy atom. The van der Waals surface area contributed by atoms with Gasteiger partial charge in [-0.15, -0.1) is 11.3 Å². The highest BCUT2D eigenvalue weighted by molar-refractivity contribution is 7.13.